The van der Waals surface area contributed by atoms with Gasteiger partial charge >= 0.3 is 5.97 Å². The molecule has 0 radical (unpaired) electrons. The molecule has 178 valence electrons. The highest BCUT2D eigenvalue weighted by molar-refractivity contribution is 6.30. The molecule has 6 heteroatoms. The number of halogens is 4. The summed E-state index contributed by atoms with van der Waals surface area (Å²) in [6.45, 7) is 2.27. The fourth-order valence-corrected chi connectivity index (χ4v) is 4.96. The molecule has 1 fully saturated rings. The molecule has 0 N–H and O–H groups in total. The Hall–Kier alpha value is -2.79. The van der Waals surface area contributed by atoms with Crippen molar-refractivity contribution >= 4 is 17.6 Å². The minimum absolute atomic E-state index is 0.238. The van der Waals surface area contributed by atoms with Gasteiger partial charge < -0.3 is 4.74 Å². The fraction of sp³-hybridized carbons (Fsp3) is 0.321. The lowest BCUT2D eigenvalue weighted by atomic mass is 9.75. The Morgan fingerprint density at radius 2 is 1.59 bits per heavy atom. The Kier molecular flexibility index (Phi) is 7.62. The van der Waals surface area contributed by atoms with Crippen molar-refractivity contribution in [3.05, 3.63) is 99.8 Å². The lowest BCUT2D eigenvalue weighted by Gasteiger charge is -2.30. The molecule has 0 saturated heterocycles. The van der Waals surface area contributed by atoms with Gasteiger partial charge in [-0.2, -0.15) is 0 Å². The summed E-state index contributed by atoms with van der Waals surface area (Å²) in [6.07, 6.45) is 5.25. The molecule has 0 unspecified atom stereocenters. The van der Waals surface area contributed by atoms with Crippen molar-refractivity contribution in [1.82, 2.24) is 0 Å². The highest BCUT2D eigenvalue weighted by Gasteiger charge is 2.25. The zero-order valence-electron chi connectivity index (χ0n) is 18.9. The van der Waals surface area contributed by atoms with Crippen LogP contribution in [0.15, 0.2) is 60.7 Å². The number of carbonyl (C=O) groups is 1. The lowest BCUT2D eigenvalue weighted by Crippen LogP contribution is -2.16. The number of esters is 1. The van der Waals surface area contributed by atoms with Crippen LogP contribution in [-0.2, 0) is 0 Å². The predicted octanol–water partition coefficient (Wildman–Crippen LogP) is 8.44. The first-order chi connectivity index (χ1) is 16.3. The standard InChI is InChI=1S/C28H26ClF3O2/c1-17(19-5-3-2-4-6-19)13-18-7-9-20(10-8-18)21-11-12-23(24(30)14-21)28(33)34-22-15-25(31)27(29)26(32)16-22/h2-6,11-12,14-18,20H,7-10,13H2,1H3/t17-,18?,20?/m1/s1. The van der Waals surface area contributed by atoms with Gasteiger partial charge in [0.2, 0.25) is 0 Å². The summed E-state index contributed by atoms with van der Waals surface area (Å²) in [5.41, 5.74) is 1.93. The molecule has 0 aromatic heterocycles. The molecule has 4 rings (SSSR count). The van der Waals surface area contributed by atoms with Gasteiger partial charge in [0.25, 0.3) is 0 Å². The number of hydrogen-bond acceptors (Lipinski definition) is 2. The molecule has 0 heterocycles. The molecule has 0 aliphatic heterocycles. The third-order valence-electron chi connectivity index (χ3n) is 6.75. The molecule has 3 aromatic rings. The quantitative estimate of drug-likeness (QED) is 0.198. The fourth-order valence-electron chi connectivity index (χ4n) is 4.85. The molecule has 2 nitrogen and oxygen atoms in total. The molecule has 1 atom stereocenters. The van der Waals surface area contributed by atoms with Gasteiger partial charge in [-0.15, -0.1) is 0 Å². The number of benzene rings is 3. The molecule has 3 aromatic carbocycles. The average molecular weight is 487 g/mol. The summed E-state index contributed by atoms with van der Waals surface area (Å²) in [5, 5.41) is -0.695. The van der Waals surface area contributed by atoms with Crippen LogP contribution in [0.2, 0.25) is 5.02 Å². The van der Waals surface area contributed by atoms with Gasteiger partial charge in [0.05, 0.1) is 5.56 Å². The van der Waals surface area contributed by atoms with E-state index in [1.807, 2.05) is 6.07 Å². The number of rotatable bonds is 6. The lowest BCUT2D eigenvalue weighted by molar-refractivity contribution is 0.0729. The van der Waals surface area contributed by atoms with Crippen molar-refractivity contribution in [2.45, 2.75) is 50.9 Å². The number of carbonyl (C=O) groups excluding carboxylic acids is 1. The maximum atomic E-state index is 14.7. The van der Waals surface area contributed by atoms with Crippen molar-refractivity contribution in [3.63, 3.8) is 0 Å². The second kappa shape index (κ2) is 10.6. The molecule has 1 aliphatic carbocycles. The van der Waals surface area contributed by atoms with Crippen molar-refractivity contribution < 1.29 is 22.7 Å². The topological polar surface area (TPSA) is 26.3 Å². The van der Waals surface area contributed by atoms with Crippen LogP contribution in [-0.4, -0.2) is 5.97 Å². The Labute approximate surface area is 202 Å². The molecule has 0 bridgehead atoms. The summed E-state index contributed by atoms with van der Waals surface area (Å²) < 4.78 is 46.9. The van der Waals surface area contributed by atoms with Crippen LogP contribution in [0.25, 0.3) is 0 Å². The van der Waals surface area contributed by atoms with Gasteiger partial charge in [0.15, 0.2) is 0 Å². The van der Waals surface area contributed by atoms with E-state index in [-0.39, 0.29) is 17.2 Å². The third-order valence-corrected chi connectivity index (χ3v) is 7.12. The van der Waals surface area contributed by atoms with Gasteiger partial charge in [-0.05, 0) is 73.1 Å². The summed E-state index contributed by atoms with van der Waals surface area (Å²) in [7, 11) is 0. The van der Waals surface area contributed by atoms with Crippen LogP contribution in [0.4, 0.5) is 13.2 Å². The van der Waals surface area contributed by atoms with Crippen LogP contribution in [0, 0.1) is 23.4 Å². The monoisotopic (exact) mass is 486 g/mol. The van der Waals surface area contributed by atoms with Crippen LogP contribution in [0.3, 0.4) is 0 Å². The van der Waals surface area contributed by atoms with Crippen LogP contribution < -0.4 is 4.74 Å². The zero-order chi connectivity index (χ0) is 24.2. The van der Waals surface area contributed by atoms with E-state index in [2.05, 4.69) is 31.2 Å². The molecule has 1 aliphatic rings. The van der Waals surface area contributed by atoms with E-state index in [1.54, 1.807) is 6.07 Å². The van der Waals surface area contributed by atoms with E-state index in [0.717, 1.165) is 49.8 Å². The van der Waals surface area contributed by atoms with Crippen LogP contribution in [0.5, 0.6) is 5.75 Å². The molecule has 1 saturated carbocycles. The van der Waals surface area contributed by atoms with E-state index in [9.17, 15) is 18.0 Å². The van der Waals surface area contributed by atoms with Gasteiger partial charge in [-0.1, -0.05) is 54.9 Å². The van der Waals surface area contributed by atoms with Crippen molar-refractivity contribution in [1.29, 1.82) is 0 Å². The first-order valence-electron chi connectivity index (χ1n) is 11.5. The van der Waals surface area contributed by atoms with Gasteiger partial charge in [0, 0.05) is 12.1 Å². The van der Waals surface area contributed by atoms with Crippen LogP contribution >= 0.6 is 11.6 Å². The van der Waals surface area contributed by atoms with Crippen LogP contribution in [0.1, 0.15) is 72.3 Å². The van der Waals surface area contributed by atoms with Gasteiger partial charge in [0.1, 0.15) is 28.2 Å². The van der Waals surface area contributed by atoms with Gasteiger partial charge in [-0.3, -0.25) is 0 Å². The highest BCUT2D eigenvalue weighted by Crippen LogP contribution is 2.40. The van der Waals surface area contributed by atoms with E-state index in [0.29, 0.717) is 11.8 Å². The van der Waals surface area contributed by atoms with E-state index in [4.69, 9.17) is 16.3 Å². The molecular weight excluding hydrogens is 461 g/mol. The Bertz CT molecular complexity index is 1130. The van der Waals surface area contributed by atoms with Crippen molar-refractivity contribution in [2.75, 3.05) is 0 Å². The Morgan fingerprint density at radius 1 is 0.941 bits per heavy atom. The van der Waals surface area contributed by atoms with E-state index < -0.39 is 28.4 Å². The Balaban J connectivity index is 1.35. The van der Waals surface area contributed by atoms with E-state index >= 15 is 0 Å². The molecule has 0 spiro atoms. The maximum absolute atomic E-state index is 14.7. The largest absolute Gasteiger partial charge is 0.423 e. The molecular formula is C28H26ClF3O2. The zero-order valence-corrected chi connectivity index (χ0v) is 19.6. The van der Waals surface area contributed by atoms with Gasteiger partial charge in [-0.25, -0.2) is 18.0 Å². The summed E-state index contributed by atoms with van der Waals surface area (Å²) >= 11 is 5.43. The molecule has 0 amide bonds. The maximum Gasteiger partial charge on any atom is 0.346 e. The molecule has 34 heavy (non-hydrogen) atoms. The first-order valence-corrected chi connectivity index (χ1v) is 11.9. The average Bonchev–Trinajstić information content (AvgIpc) is 2.83. The smallest absolute Gasteiger partial charge is 0.346 e. The Morgan fingerprint density at radius 3 is 2.21 bits per heavy atom. The minimum Gasteiger partial charge on any atom is -0.423 e. The summed E-state index contributed by atoms with van der Waals surface area (Å²) in [4.78, 5) is 12.4. The van der Waals surface area contributed by atoms with Crippen molar-refractivity contribution in [2.24, 2.45) is 5.92 Å². The predicted molar refractivity (Wildman–Crippen MR) is 127 cm³/mol. The summed E-state index contributed by atoms with van der Waals surface area (Å²) in [5.74, 6) is -2.85. The summed E-state index contributed by atoms with van der Waals surface area (Å²) in [6, 6.07) is 16.6. The number of hydrogen-bond donors (Lipinski definition) is 0. The SMILES string of the molecule is C[C@H](CC1CCC(c2ccc(C(=O)Oc3cc(F)c(Cl)c(F)c3)c(F)c2)CC1)c1ccccc1. The second-order valence-electron chi connectivity index (χ2n) is 9.09. The number of ether oxygens (including phenoxy) is 1. The minimum atomic E-state index is -1.06. The van der Waals surface area contributed by atoms with E-state index in [1.165, 1.54) is 17.7 Å². The normalized spacial score (nSPS) is 19.0. The highest BCUT2D eigenvalue weighted by atomic mass is 35.5. The second-order valence-corrected chi connectivity index (χ2v) is 9.47. The third kappa shape index (κ3) is 5.64. The first kappa shape index (κ1) is 24.3. The van der Waals surface area contributed by atoms with Crippen molar-refractivity contribution in [3.8, 4) is 5.75 Å².